The molecule has 0 aliphatic carbocycles. The Morgan fingerprint density at radius 2 is 1.53 bits per heavy atom. The number of carbonyl (C=O) groups is 1. The van der Waals surface area contributed by atoms with E-state index in [1.807, 2.05) is 97.3 Å². The van der Waals surface area contributed by atoms with Crippen LogP contribution in [0.1, 0.15) is 28.7 Å². The monoisotopic (exact) mass is 404 g/mol. The first-order valence-electron chi connectivity index (χ1n) is 10.1. The standard InChI is InChI=1S/C24H30N5O/c1-6-24-28(18-23(30)20-9-13-22(14-10-20)27(4)5)15-16-29(24)25-17-19-7-11-21(12-8-19)26(2)3/h7-17H,6,18H2,1-5H3/q+1/b25-17-. The molecule has 0 saturated heterocycles. The minimum Gasteiger partial charge on any atom is -0.378 e. The summed E-state index contributed by atoms with van der Waals surface area (Å²) in [6.45, 7) is 2.37. The van der Waals surface area contributed by atoms with Crippen molar-refractivity contribution in [3.8, 4) is 0 Å². The number of ketones is 1. The van der Waals surface area contributed by atoms with Gasteiger partial charge in [-0.15, -0.1) is 4.68 Å². The van der Waals surface area contributed by atoms with Gasteiger partial charge in [0.25, 0.3) is 5.82 Å². The van der Waals surface area contributed by atoms with Gasteiger partial charge in [-0.3, -0.25) is 4.79 Å². The van der Waals surface area contributed by atoms with Crippen LogP contribution in [0.4, 0.5) is 11.4 Å². The summed E-state index contributed by atoms with van der Waals surface area (Å²) in [5, 5.41) is 4.59. The van der Waals surface area contributed by atoms with E-state index in [1.54, 1.807) is 0 Å². The van der Waals surface area contributed by atoms with Crippen molar-refractivity contribution in [2.75, 3.05) is 38.0 Å². The Kier molecular flexibility index (Phi) is 6.67. The van der Waals surface area contributed by atoms with E-state index < -0.39 is 0 Å². The van der Waals surface area contributed by atoms with Crippen LogP contribution in [0, 0.1) is 0 Å². The number of carbonyl (C=O) groups excluding carboxylic acids is 1. The van der Waals surface area contributed by atoms with E-state index in [0.717, 1.165) is 29.2 Å². The van der Waals surface area contributed by atoms with Crippen molar-refractivity contribution in [3.63, 3.8) is 0 Å². The van der Waals surface area contributed by atoms with E-state index in [2.05, 4.69) is 29.1 Å². The highest BCUT2D eigenvalue weighted by atomic mass is 16.1. The molecule has 0 atom stereocenters. The first-order chi connectivity index (χ1) is 14.4. The Labute approximate surface area is 178 Å². The maximum absolute atomic E-state index is 12.8. The second-order valence-corrected chi connectivity index (χ2v) is 7.64. The molecule has 3 rings (SSSR count). The van der Waals surface area contributed by atoms with Crippen molar-refractivity contribution in [2.45, 2.75) is 19.9 Å². The molecule has 30 heavy (non-hydrogen) atoms. The van der Waals surface area contributed by atoms with E-state index in [9.17, 15) is 4.79 Å². The number of Topliss-reactive ketones (excluding diaryl/α,β-unsaturated/α-hetero) is 1. The number of aromatic nitrogens is 2. The zero-order valence-electron chi connectivity index (χ0n) is 18.4. The Morgan fingerprint density at radius 1 is 0.967 bits per heavy atom. The molecule has 1 aromatic heterocycles. The third-order valence-corrected chi connectivity index (χ3v) is 5.06. The summed E-state index contributed by atoms with van der Waals surface area (Å²) in [4.78, 5) is 16.8. The van der Waals surface area contributed by atoms with Gasteiger partial charge in [0.05, 0.1) is 6.21 Å². The molecule has 0 N–H and O–H groups in total. The normalized spacial score (nSPS) is 11.1. The molecule has 0 fully saturated rings. The molecule has 156 valence electrons. The highest BCUT2D eigenvalue weighted by Gasteiger charge is 2.18. The van der Waals surface area contributed by atoms with Gasteiger partial charge in [-0.05, 0) is 42.0 Å². The van der Waals surface area contributed by atoms with E-state index in [0.29, 0.717) is 12.1 Å². The van der Waals surface area contributed by atoms with E-state index in [-0.39, 0.29) is 5.78 Å². The summed E-state index contributed by atoms with van der Waals surface area (Å²) in [6, 6.07) is 15.9. The minimum atomic E-state index is 0.0843. The number of imidazole rings is 1. The van der Waals surface area contributed by atoms with Crippen molar-refractivity contribution < 1.29 is 9.36 Å². The molecule has 2 aromatic carbocycles. The fraction of sp³-hybridized carbons (Fsp3) is 0.292. The van der Waals surface area contributed by atoms with Crippen molar-refractivity contribution in [1.82, 2.24) is 4.68 Å². The second-order valence-electron chi connectivity index (χ2n) is 7.64. The predicted octanol–water partition coefficient (Wildman–Crippen LogP) is 3.24. The van der Waals surface area contributed by atoms with Crippen LogP contribution in [0.25, 0.3) is 0 Å². The van der Waals surface area contributed by atoms with Crippen LogP contribution in [-0.4, -0.2) is 44.9 Å². The molecular formula is C24H30N5O+. The van der Waals surface area contributed by atoms with Crippen molar-refractivity contribution >= 4 is 23.4 Å². The lowest BCUT2D eigenvalue weighted by atomic mass is 10.1. The molecule has 6 nitrogen and oxygen atoms in total. The molecule has 0 unspecified atom stereocenters. The summed E-state index contributed by atoms with van der Waals surface area (Å²) < 4.78 is 3.80. The molecule has 6 heteroatoms. The van der Waals surface area contributed by atoms with E-state index >= 15 is 0 Å². The Hall–Kier alpha value is -3.41. The first kappa shape index (κ1) is 21.3. The van der Waals surface area contributed by atoms with Gasteiger partial charge in [-0.25, -0.2) is 4.57 Å². The van der Waals surface area contributed by atoms with Crippen molar-refractivity contribution in [2.24, 2.45) is 5.10 Å². The lowest BCUT2D eigenvalue weighted by Gasteiger charge is -2.12. The van der Waals surface area contributed by atoms with Crippen LogP contribution in [-0.2, 0) is 13.0 Å². The van der Waals surface area contributed by atoms with Gasteiger partial charge in [0.1, 0.15) is 6.20 Å². The minimum absolute atomic E-state index is 0.0843. The number of nitrogens with zero attached hydrogens (tertiary/aromatic N) is 5. The Balaban J connectivity index is 1.74. The fourth-order valence-electron chi connectivity index (χ4n) is 3.24. The molecule has 0 aliphatic rings. The number of rotatable bonds is 8. The smallest absolute Gasteiger partial charge is 0.282 e. The van der Waals surface area contributed by atoms with Gasteiger partial charge >= 0.3 is 0 Å². The quantitative estimate of drug-likeness (QED) is 0.329. The lowest BCUT2D eigenvalue weighted by molar-refractivity contribution is -0.690. The number of hydrogen-bond donors (Lipinski definition) is 0. The summed E-state index contributed by atoms with van der Waals surface area (Å²) in [6.07, 6.45) is 6.42. The topological polar surface area (TPSA) is 44.7 Å². The highest BCUT2D eigenvalue weighted by Crippen LogP contribution is 2.13. The van der Waals surface area contributed by atoms with Gasteiger partial charge in [0.15, 0.2) is 12.7 Å². The average Bonchev–Trinajstić information content (AvgIpc) is 3.13. The van der Waals surface area contributed by atoms with Crippen LogP contribution in [0.5, 0.6) is 0 Å². The van der Waals surface area contributed by atoms with Crippen LogP contribution in [0.15, 0.2) is 66.0 Å². The third kappa shape index (κ3) is 4.95. The van der Waals surface area contributed by atoms with Crippen LogP contribution >= 0.6 is 0 Å². The van der Waals surface area contributed by atoms with Gasteiger partial charge in [-0.2, -0.15) is 0 Å². The average molecular weight is 405 g/mol. The van der Waals surface area contributed by atoms with Crippen molar-refractivity contribution in [3.05, 3.63) is 77.9 Å². The molecule has 1 heterocycles. The number of anilines is 2. The zero-order chi connectivity index (χ0) is 21.7. The summed E-state index contributed by atoms with van der Waals surface area (Å²) >= 11 is 0. The predicted molar refractivity (Wildman–Crippen MR) is 123 cm³/mol. The van der Waals surface area contributed by atoms with Gasteiger partial charge < -0.3 is 9.80 Å². The number of hydrogen-bond acceptors (Lipinski definition) is 4. The summed E-state index contributed by atoms with van der Waals surface area (Å²) in [5.41, 5.74) is 3.97. The van der Waals surface area contributed by atoms with E-state index in [4.69, 9.17) is 0 Å². The number of benzene rings is 2. The molecule has 0 aliphatic heterocycles. The molecule has 3 aromatic rings. The maximum Gasteiger partial charge on any atom is 0.282 e. The summed E-state index contributed by atoms with van der Waals surface area (Å²) in [5.74, 6) is 1.07. The molecular weight excluding hydrogens is 374 g/mol. The van der Waals surface area contributed by atoms with Gasteiger partial charge in [0.2, 0.25) is 5.78 Å². The van der Waals surface area contributed by atoms with E-state index in [1.165, 1.54) is 0 Å². The Bertz CT molecular complexity index is 1010. The summed E-state index contributed by atoms with van der Waals surface area (Å²) in [7, 11) is 8.01. The van der Waals surface area contributed by atoms with Crippen LogP contribution < -0.4 is 14.4 Å². The third-order valence-electron chi connectivity index (χ3n) is 5.06. The maximum atomic E-state index is 12.8. The second kappa shape index (κ2) is 9.39. The molecule has 0 spiro atoms. The lowest BCUT2D eigenvalue weighted by Crippen LogP contribution is -2.40. The van der Waals surface area contributed by atoms with Gasteiger partial charge in [-0.1, -0.05) is 24.2 Å². The molecule has 0 saturated carbocycles. The SMILES string of the molecule is CCc1n(/N=C\c2ccc(N(C)C)cc2)cc[n+]1CC(=O)c1ccc(N(C)C)cc1. The fourth-order valence-corrected chi connectivity index (χ4v) is 3.24. The molecule has 0 radical (unpaired) electrons. The van der Waals surface area contributed by atoms with Gasteiger partial charge in [0, 0.05) is 51.5 Å². The Morgan fingerprint density at radius 3 is 2.07 bits per heavy atom. The van der Waals surface area contributed by atoms with Crippen molar-refractivity contribution in [1.29, 1.82) is 0 Å². The zero-order valence-corrected chi connectivity index (χ0v) is 18.4. The van der Waals surface area contributed by atoms with Crippen LogP contribution in [0.3, 0.4) is 0 Å². The molecule has 0 amide bonds. The first-order valence-corrected chi connectivity index (χ1v) is 10.1. The van der Waals surface area contributed by atoms with Crippen LogP contribution in [0.2, 0.25) is 0 Å². The largest absolute Gasteiger partial charge is 0.378 e. The highest BCUT2D eigenvalue weighted by molar-refractivity contribution is 5.95. The molecule has 0 bridgehead atoms.